The van der Waals surface area contributed by atoms with Crippen LogP contribution < -0.4 is 0 Å². The van der Waals surface area contributed by atoms with Gasteiger partial charge in [-0.25, -0.2) is 0 Å². The van der Waals surface area contributed by atoms with E-state index < -0.39 is 10.7 Å². The number of furan rings is 1. The lowest BCUT2D eigenvalue weighted by molar-refractivity contribution is -0.385. The van der Waals surface area contributed by atoms with Gasteiger partial charge >= 0.3 is 0 Å². The number of nitro benzene ring substituents is 1. The molecule has 0 N–H and O–H groups in total. The molecule has 0 unspecified atom stereocenters. The van der Waals surface area contributed by atoms with E-state index in [1.54, 1.807) is 62.4 Å². The van der Waals surface area contributed by atoms with Crippen LogP contribution in [0.5, 0.6) is 0 Å². The molecule has 0 saturated heterocycles. The number of allylic oxidation sites excluding steroid dienone is 1. The van der Waals surface area contributed by atoms with Crippen LogP contribution >= 0.6 is 0 Å². The first-order chi connectivity index (χ1) is 13.4. The molecule has 0 amide bonds. The van der Waals surface area contributed by atoms with Gasteiger partial charge in [-0.1, -0.05) is 30.3 Å². The summed E-state index contributed by atoms with van der Waals surface area (Å²) >= 11 is 0. The molecule has 0 radical (unpaired) electrons. The third-order valence-corrected chi connectivity index (χ3v) is 4.44. The second-order valence-electron chi connectivity index (χ2n) is 6.26. The number of carbonyl (C=O) groups excluding carboxylic acids is 1. The average Bonchev–Trinajstić information content (AvgIpc) is 3.16. The van der Waals surface area contributed by atoms with E-state index in [9.17, 15) is 20.2 Å². The van der Waals surface area contributed by atoms with E-state index in [0.717, 1.165) is 5.56 Å². The number of nitro groups is 1. The summed E-state index contributed by atoms with van der Waals surface area (Å²) in [6.07, 6.45) is 1.37. The van der Waals surface area contributed by atoms with Crippen molar-refractivity contribution in [1.29, 1.82) is 5.26 Å². The molecule has 0 fully saturated rings. The Bertz CT molecular complexity index is 1140. The first-order valence-corrected chi connectivity index (χ1v) is 8.48. The number of carbonyl (C=O) groups is 1. The Morgan fingerprint density at radius 1 is 1.14 bits per heavy atom. The molecule has 138 valence electrons. The summed E-state index contributed by atoms with van der Waals surface area (Å²) < 4.78 is 5.72. The summed E-state index contributed by atoms with van der Waals surface area (Å²) in [4.78, 5) is 23.3. The molecule has 2 aromatic carbocycles. The average molecular weight is 372 g/mol. The van der Waals surface area contributed by atoms with Crippen LogP contribution in [0.2, 0.25) is 0 Å². The molecule has 3 aromatic rings. The molecule has 28 heavy (non-hydrogen) atoms. The molecule has 1 aromatic heterocycles. The molecular formula is C22H16N2O4. The van der Waals surface area contributed by atoms with Crippen molar-refractivity contribution in [2.75, 3.05) is 0 Å². The standard InChI is InChI=1S/C22H16N2O4/c1-14-10-17(12-20(15(14)2)24(26)27)21-9-8-19(28-21)11-18(13-23)22(25)16-6-4-3-5-7-16/h3-12H,1-2H3/b18-11+. The number of benzene rings is 2. The van der Waals surface area contributed by atoms with Crippen molar-refractivity contribution in [3.63, 3.8) is 0 Å². The van der Waals surface area contributed by atoms with E-state index >= 15 is 0 Å². The molecule has 1 heterocycles. The molecule has 6 nitrogen and oxygen atoms in total. The van der Waals surface area contributed by atoms with Gasteiger partial charge in [0.1, 0.15) is 23.2 Å². The van der Waals surface area contributed by atoms with E-state index in [1.165, 1.54) is 12.1 Å². The van der Waals surface area contributed by atoms with Gasteiger partial charge in [0, 0.05) is 28.8 Å². The van der Waals surface area contributed by atoms with Crippen molar-refractivity contribution in [2.24, 2.45) is 0 Å². The molecule has 0 saturated carbocycles. The molecule has 3 rings (SSSR count). The van der Waals surface area contributed by atoms with Crippen molar-refractivity contribution < 1.29 is 14.1 Å². The van der Waals surface area contributed by atoms with Crippen LogP contribution in [0.25, 0.3) is 17.4 Å². The zero-order valence-electron chi connectivity index (χ0n) is 15.3. The van der Waals surface area contributed by atoms with Crippen molar-refractivity contribution in [3.8, 4) is 17.4 Å². The quantitative estimate of drug-likeness (QED) is 0.200. The van der Waals surface area contributed by atoms with Crippen LogP contribution in [-0.4, -0.2) is 10.7 Å². The maximum atomic E-state index is 12.5. The minimum Gasteiger partial charge on any atom is -0.457 e. The minimum absolute atomic E-state index is 0.0143. The highest BCUT2D eigenvalue weighted by Crippen LogP contribution is 2.31. The van der Waals surface area contributed by atoms with Crippen LogP contribution in [0.4, 0.5) is 5.69 Å². The monoisotopic (exact) mass is 372 g/mol. The fourth-order valence-electron chi connectivity index (χ4n) is 2.79. The highest BCUT2D eigenvalue weighted by molar-refractivity contribution is 6.13. The first kappa shape index (κ1) is 18.8. The van der Waals surface area contributed by atoms with Gasteiger partial charge in [-0.05, 0) is 37.6 Å². The van der Waals surface area contributed by atoms with E-state index in [0.29, 0.717) is 28.2 Å². The molecular weight excluding hydrogens is 356 g/mol. The normalized spacial score (nSPS) is 11.1. The molecule has 0 atom stereocenters. The predicted molar refractivity (Wildman–Crippen MR) is 105 cm³/mol. The number of hydrogen-bond acceptors (Lipinski definition) is 5. The van der Waals surface area contributed by atoms with Crippen LogP contribution in [0.1, 0.15) is 27.2 Å². The van der Waals surface area contributed by atoms with Crippen LogP contribution in [0, 0.1) is 35.3 Å². The molecule has 6 heteroatoms. The topological polar surface area (TPSA) is 97.1 Å². The highest BCUT2D eigenvalue weighted by Gasteiger charge is 2.17. The van der Waals surface area contributed by atoms with Gasteiger partial charge in [0.25, 0.3) is 5.69 Å². The van der Waals surface area contributed by atoms with Gasteiger partial charge in [0.05, 0.1) is 4.92 Å². The van der Waals surface area contributed by atoms with E-state index in [2.05, 4.69) is 0 Å². The van der Waals surface area contributed by atoms with Gasteiger partial charge in [-0.2, -0.15) is 5.26 Å². The molecule has 0 spiro atoms. The number of ketones is 1. The fraction of sp³-hybridized carbons (Fsp3) is 0.0909. The summed E-state index contributed by atoms with van der Waals surface area (Å²) in [5, 5.41) is 20.6. The van der Waals surface area contributed by atoms with Crippen LogP contribution in [0.3, 0.4) is 0 Å². The fourth-order valence-corrected chi connectivity index (χ4v) is 2.79. The zero-order valence-corrected chi connectivity index (χ0v) is 15.3. The number of rotatable bonds is 5. The summed E-state index contributed by atoms with van der Waals surface area (Å²) in [6, 6.07) is 16.9. The Hall–Kier alpha value is -3.98. The van der Waals surface area contributed by atoms with Gasteiger partial charge in [0.15, 0.2) is 0 Å². The van der Waals surface area contributed by atoms with E-state index in [1.807, 2.05) is 6.07 Å². The van der Waals surface area contributed by atoms with Crippen molar-refractivity contribution in [3.05, 3.63) is 92.7 Å². The van der Waals surface area contributed by atoms with Gasteiger partial charge in [0.2, 0.25) is 5.78 Å². The molecule has 0 bridgehead atoms. The maximum absolute atomic E-state index is 12.5. The van der Waals surface area contributed by atoms with Crippen LogP contribution in [0.15, 0.2) is 64.6 Å². The number of nitrogens with zero attached hydrogens (tertiary/aromatic N) is 2. The van der Waals surface area contributed by atoms with Crippen molar-refractivity contribution >= 4 is 17.5 Å². The second kappa shape index (κ2) is 7.72. The largest absolute Gasteiger partial charge is 0.457 e. The second-order valence-corrected chi connectivity index (χ2v) is 6.26. The van der Waals surface area contributed by atoms with Gasteiger partial charge in [-0.3, -0.25) is 14.9 Å². The summed E-state index contributed by atoms with van der Waals surface area (Å²) in [5.74, 6) is 0.335. The summed E-state index contributed by atoms with van der Waals surface area (Å²) in [5.41, 5.74) is 2.29. The van der Waals surface area contributed by atoms with E-state index in [-0.39, 0.29) is 11.3 Å². The minimum atomic E-state index is -0.429. The number of hydrogen-bond donors (Lipinski definition) is 0. The maximum Gasteiger partial charge on any atom is 0.273 e. The smallest absolute Gasteiger partial charge is 0.273 e. The summed E-state index contributed by atoms with van der Waals surface area (Å²) in [7, 11) is 0. The third kappa shape index (κ3) is 3.74. The zero-order chi connectivity index (χ0) is 20.3. The lowest BCUT2D eigenvalue weighted by atomic mass is 10.0. The lowest BCUT2D eigenvalue weighted by Gasteiger charge is -2.04. The third-order valence-electron chi connectivity index (χ3n) is 4.44. The van der Waals surface area contributed by atoms with Gasteiger partial charge in [-0.15, -0.1) is 0 Å². The van der Waals surface area contributed by atoms with Crippen LogP contribution in [-0.2, 0) is 0 Å². The molecule has 0 aliphatic rings. The Balaban J connectivity index is 1.96. The molecule has 0 aliphatic carbocycles. The Labute approximate surface area is 161 Å². The lowest BCUT2D eigenvalue weighted by Crippen LogP contribution is -2.01. The first-order valence-electron chi connectivity index (χ1n) is 8.48. The Kier molecular flexibility index (Phi) is 5.18. The number of aryl methyl sites for hydroxylation is 1. The molecule has 0 aliphatic heterocycles. The number of nitriles is 1. The van der Waals surface area contributed by atoms with Gasteiger partial charge < -0.3 is 4.42 Å². The van der Waals surface area contributed by atoms with Crippen molar-refractivity contribution in [1.82, 2.24) is 0 Å². The highest BCUT2D eigenvalue weighted by atomic mass is 16.6. The van der Waals surface area contributed by atoms with Crippen molar-refractivity contribution in [2.45, 2.75) is 13.8 Å². The number of Topliss-reactive ketones (excluding diaryl/α,β-unsaturated/α-hetero) is 1. The Morgan fingerprint density at radius 3 is 2.50 bits per heavy atom. The summed E-state index contributed by atoms with van der Waals surface area (Å²) in [6.45, 7) is 3.49. The van der Waals surface area contributed by atoms with E-state index in [4.69, 9.17) is 4.42 Å². The Morgan fingerprint density at radius 2 is 1.86 bits per heavy atom. The predicted octanol–water partition coefficient (Wildman–Crippen LogP) is 5.26. The SMILES string of the molecule is Cc1cc(-c2ccc(/C=C(\C#N)C(=O)c3ccccc3)o2)cc([N+](=O)[O-])c1C.